The summed E-state index contributed by atoms with van der Waals surface area (Å²) in [5.74, 6) is 0.0584. The topological polar surface area (TPSA) is 72.3 Å². The number of nitrogens with zero attached hydrogens (tertiary/aromatic N) is 4. The summed E-state index contributed by atoms with van der Waals surface area (Å²) in [5, 5.41) is 11.4. The highest BCUT2D eigenvalue weighted by molar-refractivity contribution is 8.00. The van der Waals surface area contributed by atoms with E-state index < -0.39 is 11.1 Å². The van der Waals surface area contributed by atoms with Gasteiger partial charge in [0.1, 0.15) is 5.82 Å². The molecule has 0 bridgehead atoms. The predicted molar refractivity (Wildman–Crippen MR) is 99.1 cm³/mol. The fraction of sp³-hybridized carbons (Fsp3) is 0.471. The Labute approximate surface area is 155 Å². The lowest BCUT2D eigenvalue weighted by atomic mass is 10.3. The molecule has 7 nitrogen and oxygen atoms in total. The molecule has 0 radical (unpaired) electrons. The van der Waals surface area contributed by atoms with Crippen molar-refractivity contribution in [2.45, 2.75) is 30.8 Å². The molecule has 9 heteroatoms. The van der Waals surface area contributed by atoms with Crippen LogP contribution in [0.25, 0.3) is 0 Å². The summed E-state index contributed by atoms with van der Waals surface area (Å²) in [7, 11) is 0. The number of aromatic nitrogens is 3. The van der Waals surface area contributed by atoms with Crippen molar-refractivity contribution < 1.29 is 13.9 Å². The molecule has 1 unspecified atom stereocenters. The van der Waals surface area contributed by atoms with E-state index in [4.69, 9.17) is 4.74 Å². The summed E-state index contributed by atoms with van der Waals surface area (Å²) in [5.41, 5.74) is 0.177. The molecule has 2 aromatic rings. The molecule has 1 aliphatic heterocycles. The van der Waals surface area contributed by atoms with Crippen LogP contribution in [0.4, 0.5) is 16.0 Å². The highest BCUT2D eigenvalue weighted by Crippen LogP contribution is 2.27. The summed E-state index contributed by atoms with van der Waals surface area (Å²) in [4.78, 5) is 14.5. The van der Waals surface area contributed by atoms with Crippen LogP contribution >= 0.6 is 11.8 Å². The van der Waals surface area contributed by atoms with Crippen molar-refractivity contribution in [3.63, 3.8) is 0 Å². The lowest BCUT2D eigenvalue weighted by Crippen LogP contribution is -2.38. The van der Waals surface area contributed by atoms with Gasteiger partial charge in [-0.1, -0.05) is 23.9 Å². The number of thioether (sulfide) groups is 1. The first-order valence-electron chi connectivity index (χ1n) is 8.58. The van der Waals surface area contributed by atoms with Gasteiger partial charge >= 0.3 is 0 Å². The molecule has 0 aliphatic carbocycles. The maximum Gasteiger partial charge on any atom is 0.237 e. The maximum atomic E-state index is 13.7. The fourth-order valence-electron chi connectivity index (χ4n) is 2.65. The van der Waals surface area contributed by atoms with Gasteiger partial charge in [0.2, 0.25) is 11.9 Å². The van der Waals surface area contributed by atoms with E-state index >= 15 is 0 Å². The minimum absolute atomic E-state index is 0.177. The Kier molecular flexibility index (Phi) is 6.10. The van der Waals surface area contributed by atoms with E-state index in [1.54, 1.807) is 19.1 Å². The minimum Gasteiger partial charge on any atom is -0.378 e. The molecule has 1 atom stereocenters. The maximum absolute atomic E-state index is 13.7. The van der Waals surface area contributed by atoms with Crippen LogP contribution in [0.1, 0.15) is 13.8 Å². The number of morpholine rings is 1. The van der Waals surface area contributed by atoms with Crippen molar-refractivity contribution >= 4 is 29.3 Å². The quantitative estimate of drug-likeness (QED) is 0.777. The first-order chi connectivity index (χ1) is 12.6. The van der Waals surface area contributed by atoms with E-state index in [1.807, 2.05) is 11.5 Å². The van der Waals surface area contributed by atoms with Gasteiger partial charge in [-0.3, -0.25) is 9.36 Å². The van der Waals surface area contributed by atoms with Gasteiger partial charge < -0.3 is 15.0 Å². The van der Waals surface area contributed by atoms with Crippen molar-refractivity contribution in [1.82, 2.24) is 14.8 Å². The Morgan fingerprint density at radius 1 is 1.35 bits per heavy atom. The number of nitrogens with one attached hydrogen (secondary N) is 1. The third-order valence-electron chi connectivity index (χ3n) is 4.09. The third kappa shape index (κ3) is 4.16. The second kappa shape index (κ2) is 8.50. The molecule has 1 fully saturated rings. The number of halogens is 1. The average Bonchev–Trinajstić information content (AvgIpc) is 3.06. The third-order valence-corrected chi connectivity index (χ3v) is 5.17. The van der Waals surface area contributed by atoms with Gasteiger partial charge in [-0.05, 0) is 26.0 Å². The van der Waals surface area contributed by atoms with E-state index in [0.29, 0.717) is 24.9 Å². The van der Waals surface area contributed by atoms with Crippen LogP contribution in [-0.2, 0) is 16.1 Å². The second-order valence-electron chi connectivity index (χ2n) is 5.86. The summed E-state index contributed by atoms with van der Waals surface area (Å²) in [6.07, 6.45) is 0. The van der Waals surface area contributed by atoms with Crippen molar-refractivity contribution in [2.24, 2.45) is 0 Å². The molecule has 1 aromatic carbocycles. The number of anilines is 2. The molecule has 0 saturated carbocycles. The van der Waals surface area contributed by atoms with E-state index in [1.165, 1.54) is 23.9 Å². The van der Waals surface area contributed by atoms with Gasteiger partial charge in [-0.15, -0.1) is 10.2 Å². The number of carbonyl (C=O) groups is 1. The molecule has 1 aromatic heterocycles. The zero-order valence-corrected chi connectivity index (χ0v) is 15.6. The zero-order chi connectivity index (χ0) is 18.5. The zero-order valence-electron chi connectivity index (χ0n) is 14.8. The molecule has 26 heavy (non-hydrogen) atoms. The van der Waals surface area contributed by atoms with Gasteiger partial charge in [0.15, 0.2) is 5.16 Å². The smallest absolute Gasteiger partial charge is 0.237 e. The van der Waals surface area contributed by atoms with Crippen molar-refractivity contribution in [1.29, 1.82) is 0 Å². The Balaban J connectivity index is 1.68. The Morgan fingerprint density at radius 3 is 2.77 bits per heavy atom. The highest BCUT2D eigenvalue weighted by Gasteiger charge is 2.23. The summed E-state index contributed by atoms with van der Waals surface area (Å²) < 4.78 is 21.1. The summed E-state index contributed by atoms with van der Waals surface area (Å²) in [6, 6.07) is 6.12. The fourth-order valence-corrected chi connectivity index (χ4v) is 3.56. The van der Waals surface area contributed by atoms with E-state index in [-0.39, 0.29) is 11.6 Å². The lowest BCUT2D eigenvalue weighted by Gasteiger charge is -2.27. The highest BCUT2D eigenvalue weighted by atomic mass is 32.2. The molecule has 1 N–H and O–H groups in total. The largest absolute Gasteiger partial charge is 0.378 e. The van der Waals surface area contributed by atoms with Crippen LogP contribution in [0.3, 0.4) is 0 Å². The number of ether oxygens (including phenoxy) is 1. The molecule has 0 spiro atoms. The van der Waals surface area contributed by atoms with Crippen LogP contribution in [0.2, 0.25) is 0 Å². The van der Waals surface area contributed by atoms with Gasteiger partial charge in [-0.25, -0.2) is 4.39 Å². The lowest BCUT2D eigenvalue weighted by molar-refractivity contribution is -0.115. The molecular formula is C17H22FN5O2S. The number of hydrogen-bond donors (Lipinski definition) is 1. The minimum atomic E-state index is -0.454. The van der Waals surface area contributed by atoms with Gasteiger partial charge in [0.05, 0.1) is 24.2 Å². The van der Waals surface area contributed by atoms with Crippen LogP contribution in [0, 0.1) is 5.82 Å². The van der Waals surface area contributed by atoms with Gasteiger partial charge in [-0.2, -0.15) is 0 Å². The molecule has 2 heterocycles. The number of benzene rings is 1. The van der Waals surface area contributed by atoms with Gasteiger partial charge in [0, 0.05) is 19.6 Å². The molecule has 140 valence electrons. The molecular weight excluding hydrogens is 357 g/mol. The van der Waals surface area contributed by atoms with Crippen LogP contribution < -0.4 is 10.2 Å². The number of rotatable bonds is 6. The van der Waals surface area contributed by atoms with Crippen molar-refractivity contribution in [3.8, 4) is 0 Å². The van der Waals surface area contributed by atoms with E-state index in [0.717, 1.165) is 19.0 Å². The first kappa shape index (κ1) is 18.7. The van der Waals surface area contributed by atoms with Crippen molar-refractivity contribution in [2.75, 3.05) is 36.5 Å². The SMILES string of the molecule is CCn1c(SC(C)C(=O)Nc2ccccc2F)nnc1N1CCOCC1. The van der Waals surface area contributed by atoms with Gasteiger partial charge in [0.25, 0.3) is 0 Å². The first-order valence-corrected chi connectivity index (χ1v) is 9.46. The molecule has 1 saturated heterocycles. The van der Waals surface area contributed by atoms with Crippen molar-refractivity contribution in [3.05, 3.63) is 30.1 Å². The second-order valence-corrected chi connectivity index (χ2v) is 7.16. The number of carbonyl (C=O) groups excluding carboxylic acids is 1. The average molecular weight is 379 g/mol. The summed E-state index contributed by atoms with van der Waals surface area (Å²) >= 11 is 1.31. The molecule has 1 amide bonds. The Hall–Kier alpha value is -2.13. The normalized spacial score (nSPS) is 15.7. The predicted octanol–water partition coefficient (Wildman–Crippen LogP) is 2.39. The number of amides is 1. The standard InChI is InChI=1S/C17H22FN5O2S/c1-3-23-16(22-8-10-25-11-9-22)20-21-17(23)26-12(2)15(24)19-14-7-5-4-6-13(14)18/h4-7,12H,3,8-11H2,1-2H3,(H,19,24). The molecule has 3 rings (SSSR count). The van der Waals surface area contributed by atoms with Crippen LogP contribution in [0.15, 0.2) is 29.4 Å². The Morgan fingerprint density at radius 2 is 2.08 bits per heavy atom. The van der Waals surface area contributed by atoms with E-state index in [9.17, 15) is 9.18 Å². The number of para-hydroxylation sites is 1. The molecule has 1 aliphatic rings. The van der Waals surface area contributed by atoms with Crippen LogP contribution in [-0.4, -0.2) is 52.2 Å². The monoisotopic (exact) mass is 379 g/mol. The van der Waals surface area contributed by atoms with Crippen LogP contribution in [0.5, 0.6) is 0 Å². The Bertz CT molecular complexity index is 763. The van der Waals surface area contributed by atoms with E-state index in [2.05, 4.69) is 20.4 Å². The number of hydrogen-bond acceptors (Lipinski definition) is 6. The summed E-state index contributed by atoms with van der Waals surface area (Å²) in [6.45, 7) is 7.36.